The van der Waals surface area contributed by atoms with Crippen LogP contribution in [0.15, 0.2) is 40.0 Å². The molecule has 0 saturated carbocycles. The van der Waals surface area contributed by atoms with Gasteiger partial charge in [0.15, 0.2) is 0 Å². The van der Waals surface area contributed by atoms with Gasteiger partial charge in [0, 0.05) is 30.9 Å². The number of nitrogens with one attached hydrogen (secondary N) is 2. The van der Waals surface area contributed by atoms with Crippen molar-refractivity contribution in [2.24, 2.45) is 0 Å². The third-order valence-corrected chi connectivity index (χ3v) is 6.89. The van der Waals surface area contributed by atoms with Gasteiger partial charge in [-0.1, -0.05) is 0 Å². The average molecular weight is 584 g/mol. The first-order valence-electron chi connectivity index (χ1n) is 8.13. The summed E-state index contributed by atoms with van der Waals surface area (Å²) in [5.41, 5.74) is 3.31. The Kier molecular flexibility index (Phi) is 7.50. The fraction of sp³-hybridized carbons (Fsp3) is 0.294. The maximum atomic E-state index is 14.3. The number of aromatic nitrogens is 1. The first-order chi connectivity index (χ1) is 13.4. The van der Waals surface area contributed by atoms with Crippen LogP contribution in [0.25, 0.3) is 0 Å². The summed E-state index contributed by atoms with van der Waals surface area (Å²) in [6, 6.07) is 4.24. The summed E-state index contributed by atoms with van der Waals surface area (Å²) in [5.74, 6) is -0.878. The van der Waals surface area contributed by atoms with E-state index in [0.717, 1.165) is 18.5 Å². The minimum absolute atomic E-state index is 0.248. The van der Waals surface area contributed by atoms with Crippen LogP contribution in [0.3, 0.4) is 0 Å². The van der Waals surface area contributed by atoms with Gasteiger partial charge >= 0.3 is 0 Å². The number of fused-ring (bicyclic) bond motifs is 1. The van der Waals surface area contributed by atoms with Crippen molar-refractivity contribution >= 4 is 61.9 Å². The van der Waals surface area contributed by atoms with Crippen LogP contribution in [-0.4, -0.2) is 45.7 Å². The van der Waals surface area contributed by atoms with E-state index in [1.54, 1.807) is 24.5 Å². The number of pyridine rings is 1. The van der Waals surface area contributed by atoms with E-state index in [1.807, 2.05) is 22.6 Å². The Morgan fingerprint density at radius 1 is 1.46 bits per heavy atom. The largest absolute Gasteiger partial charge is 0.394 e. The highest BCUT2D eigenvalue weighted by molar-refractivity contribution is 14.1. The molecule has 3 atom stereocenters. The molecule has 1 amide bonds. The van der Waals surface area contributed by atoms with E-state index >= 15 is 0 Å². The normalized spacial score (nSPS) is 19.2. The Labute approximate surface area is 186 Å². The molecule has 2 unspecified atom stereocenters. The van der Waals surface area contributed by atoms with E-state index in [1.165, 1.54) is 17.8 Å². The van der Waals surface area contributed by atoms with Crippen LogP contribution >= 0.6 is 50.3 Å². The molecular formula is C17H16BrFIN3O4S. The van der Waals surface area contributed by atoms with Gasteiger partial charge in [0.2, 0.25) is 0 Å². The molecule has 1 aliphatic rings. The standard InChI is InChI=1S/C17H16BrFIN3O4S/c18-11-5-21-4-10-14(22-13-2-1-8(20)3-12(13)19)16(28-15(10)11)17(26)23-27-7-9(25)6-24/h1-5,9,14,16,22,24-25H,6-7H2,(H,23,26)/t9-,14?,16?/m1/s1. The third kappa shape index (κ3) is 4.94. The second kappa shape index (κ2) is 9.67. The number of benzene rings is 1. The molecule has 1 aliphatic heterocycles. The van der Waals surface area contributed by atoms with Gasteiger partial charge in [-0.05, 0) is 56.7 Å². The van der Waals surface area contributed by atoms with Crippen LogP contribution in [0.2, 0.25) is 0 Å². The van der Waals surface area contributed by atoms with E-state index < -0.39 is 35.7 Å². The van der Waals surface area contributed by atoms with E-state index in [2.05, 4.69) is 31.7 Å². The molecule has 0 bridgehead atoms. The second-order valence-corrected chi connectivity index (χ2v) is 9.19. The molecule has 11 heteroatoms. The quantitative estimate of drug-likeness (QED) is 0.293. The van der Waals surface area contributed by atoms with E-state index in [0.29, 0.717) is 0 Å². The predicted molar refractivity (Wildman–Crippen MR) is 114 cm³/mol. The summed E-state index contributed by atoms with van der Waals surface area (Å²) in [6.07, 6.45) is 2.17. The van der Waals surface area contributed by atoms with E-state index in [4.69, 9.17) is 9.94 Å². The number of carbonyl (C=O) groups is 1. The number of amides is 1. The molecule has 3 rings (SSSR count). The van der Waals surface area contributed by atoms with Crippen molar-refractivity contribution < 1.29 is 24.2 Å². The fourth-order valence-electron chi connectivity index (χ4n) is 2.59. The van der Waals surface area contributed by atoms with Crippen LogP contribution in [0, 0.1) is 9.39 Å². The first kappa shape index (κ1) is 21.7. The lowest BCUT2D eigenvalue weighted by Crippen LogP contribution is -2.38. The SMILES string of the molecule is O=C(NOC[C@H](O)CO)C1Sc2c(Br)cncc2C1Nc1ccc(I)cc1F. The lowest BCUT2D eigenvalue weighted by Gasteiger charge is -2.22. The van der Waals surface area contributed by atoms with Crippen LogP contribution in [0.1, 0.15) is 11.6 Å². The number of nitrogens with zero attached hydrogens (tertiary/aromatic N) is 1. The smallest absolute Gasteiger partial charge is 0.259 e. The van der Waals surface area contributed by atoms with E-state index in [9.17, 15) is 14.3 Å². The summed E-state index contributed by atoms with van der Waals surface area (Å²) >= 11 is 6.75. The number of thioether (sulfide) groups is 1. The molecule has 7 nitrogen and oxygen atoms in total. The zero-order chi connectivity index (χ0) is 20.3. The van der Waals surface area contributed by atoms with Gasteiger partial charge < -0.3 is 15.5 Å². The van der Waals surface area contributed by atoms with Crippen molar-refractivity contribution in [1.82, 2.24) is 10.5 Å². The number of halogens is 3. The summed E-state index contributed by atoms with van der Waals surface area (Å²) in [4.78, 5) is 22.6. The molecular weight excluding hydrogens is 568 g/mol. The van der Waals surface area contributed by atoms with Crippen molar-refractivity contribution in [3.8, 4) is 0 Å². The third-order valence-electron chi connectivity index (χ3n) is 3.92. The number of hydroxylamine groups is 1. The highest BCUT2D eigenvalue weighted by Crippen LogP contribution is 2.48. The van der Waals surface area contributed by atoms with Gasteiger partial charge in [-0.2, -0.15) is 0 Å². The molecule has 0 saturated heterocycles. The van der Waals surface area contributed by atoms with Crippen LogP contribution in [0.4, 0.5) is 10.1 Å². The van der Waals surface area contributed by atoms with Crippen molar-refractivity contribution in [1.29, 1.82) is 0 Å². The summed E-state index contributed by atoms with van der Waals surface area (Å²) in [6.45, 7) is -0.726. The van der Waals surface area contributed by atoms with Crippen molar-refractivity contribution in [2.45, 2.75) is 22.3 Å². The number of hydrogen-bond donors (Lipinski definition) is 4. The molecule has 0 spiro atoms. The van der Waals surface area contributed by atoms with Crippen molar-refractivity contribution in [3.63, 3.8) is 0 Å². The fourth-order valence-corrected chi connectivity index (χ4v) is 4.92. The molecule has 1 aromatic carbocycles. The van der Waals surface area contributed by atoms with Gasteiger partial charge in [-0.3, -0.25) is 14.6 Å². The Hall–Kier alpha value is -0.990. The number of hydrogen-bond acceptors (Lipinski definition) is 7. The monoisotopic (exact) mass is 583 g/mol. The van der Waals surface area contributed by atoms with Crippen molar-refractivity contribution in [3.05, 3.63) is 50.0 Å². The average Bonchev–Trinajstić information content (AvgIpc) is 3.03. The number of aliphatic hydroxyl groups is 2. The van der Waals surface area contributed by atoms with Crippen LogP contribution in [0.5, 0.6) is 0 Å². The van der Waals surface area contributed by atoms with Crippen molar-refractivity contribution in [2.75, 3.05) is 18.5 Å². The van der Waals surface area contributed by atoms with Crippen LogP contribution in [-0.2, 0) is 9.63 Å². The molecule has 1 aromatic heterocycles. The zero-order valence-electron chi connectivity index (χ0n) is 14.2. The highest BCUT2D eigenvalue weighted by atomic mass is 127. The van der Waals surface area contributed by atoms with Gasteiger partial charge in [0.05, 0.1) is 18.3 Å². The Morgan fingerprint density at radius 3 is 2.96 bits per heavy atom. The summed E-state index contributed by atoms with van der Waals surface area (Å²) in [7, 11) is 0. The molecule has 150 valence electrons. The highest BCUT2D eigenvalue weighted by Gasteiger charge is 2.40. The van der Waals surface area contributed by atoms with Gasteiger partial charge in [-0.25, -0.2) is 9.87 Å². The lowest BCUT2D eigenvalue weighted by molar-refractivity contribution is -0.136. The maximum Gasteiger partial charge on any atom is 0.259 e. The Balaban J connectivity index is 1.82. The molecule has 2 heterocycles. The molecule has 4 N–H and O–H groups in total. The summed E-state index contributed by atoms with van der Waals surface area (Å²) in [5, 5.41) is 20.5. The minimum atomic E-state index is -1.10. The molecule has 0 fully saturated rings. The molecule has 2 aromatic rings. The first-order valence-corrected chi connectivity index (χ1v) is 10.9. The zero-order valence-corrected chi connectivity index (χ0v) is 18.8. The maximum absolute atomic E-state index is 14.3. The minimum Gasteiger partial charge on any atom is -0.394 e. The molecule has 0 radical (unpaired) electrons. The molecule has 28 heavy (non-hydrogen) atoms. The van der Waals surface area contributed by atoms with E-state index in [-0.39, 0.29) is 12.3 Å². The number of carbonyl (C=O) groups excluding carboxylic acids is 1. The van der Waals surface area contributed by atoms with Crippen LogP contribution < -0.4 is 10.8 Å². The Bertz CT molecular complexity index is 878. The topological polar surface area (TPSA) is 104 Å². The van der Waals surface area contributed by atoms with Gasteiger partial charge in [-0.15, -0.1) is 11.8 Å². The summed E-state index contributed by atoms with van der Waals surface area (Å²) < 4.78 is 15.8. The number of rotatable bonds is 7. The Morgan fingerprint density at radius 2 is 2.25 bits per heavy atom. The number of anilines is 1. The number of aliphatic hydroxyl groups excluding tert-OH is 2. The second-order valence-electron chi connectivity index (χ2n) is 5.94. The lowest BCUT2D eigenvalue weighted by atomic mass is 10.0. The van der Waals surface area contributed by atoms with Gasteiger partial charge in [0.1, 0.15) is 23.8 Å². The van der Waals surface area contributed by atoms with Gasteiger partial charge in [0.25, 0.3) is 5.91 Å². The molecule has 0 aliphatic carbocycles. The predicted octanol–water partition coefficient (Wildman–Crippen LogP) is 2.62.